The molecule has 2 saturated carbocycles. The number of ether oxygens (including phenoxy) is 1. The molecule has 9 nitrogen and oxygen atoms in total. The van der Waals surface area contributed by atoms with Crippen molar-refractivity contribution in [1.29, 1.82) is 0 Å². The molecule has 1 spiro atoms. The molecular weight excluding hydrogens is 368 g/mol. The Balaban J connectivity index is 1.37. The van der Waals surface area contributed by atoms with Gasteiger partial charge in [-0.05, 0) is 38.0 Å². The van der Waals surface area contributed by atoms with Crippen LogP contribution in [-0.4, -0.2) is 57.4 Å². The summed E-state index contributed by atoms with van der Waals surface area (Å²) in [7, 11) is 0. The normalized spacial score (nSPS) is 30.4. The molecule has 9 heteroatoms. The van der Waals surface area contributed by atoms with Gasteiger partial charge in [-0.15, -0.1) is 0 Å². The maximum atomic E-state index is 6.27. The number of nitrogens with two attached hydrogens (primary N) is 1. The fraction of sp³-hybridized carbons (Fsp3) is 0.600. The highest BCUT2D eigenvalue weighted by atomic mass is 16.5. The third-order valence-corrected chi connectivity index (χ3v) is 7.46. The Kier molecular flexibility index (Phi) is 3.05. The van der Waals surface area contributed by atoms with E-state index in [1.54, 1.807) is 12.4 Å². The minimum Gasteiger partial charge on any atom is -0.369 e. The molecule has 150 valence electrons. The first-order valence-electron chi connectivity index (χ1n) is 10.6. The molecule has 2 aromatic heterocycles. The number of morpholine rings is 1. The maximum Gasteiger partial charge on any atom is 0.219 e. The Morgan fingerprint density at radius 1 is 1.10 bits per heavy atom. The number of nitrogens with one attached hydrogen (secondary N) is 1. The van der Waals surface area contributed by atoms with Gasteiger partial charge in [0.1, 0.15) is 17.5 Å². The first-order valence-corrected chi connectivity index (χ1v) is 10.6. The van der Waals surface area contributed by atoms with E-state index in [1.165, 1.54) is 19.3 Å². The van der Waals surface area contributed by atoms with Gasteiger partial charge in [0.05, 0.1) is 12.2 Å². The first-order chi connectivity index (χ1) is 14.2. The molecule has 6 aliphatic rings. The average Bonchev–Trinajstić information content (AvgIpc) is 3.38. The smallest absolute Gasteiger partial charge is 0.219 e. The standard InChI is InChI=1S/C20H24N8O/c21-19-22-8-12(9-23-19)15-25-16-14(17(26-15)28-10-11-6-13(28)7-11)24-18-20(2-1-3-20)29-5-4-27(16)18/h8-9,11,13,18,24H,1-7,10H2,(H2,21,22,23). The summed E-state index contributed by atoms with van der Waals surface area (Å²) in [6, 6.07) is 0.600. The number of nitrogen functional groups attached to an aromatic ring is 1. The topological polar surface area (TPSA) is 105 Å². The van der Waals surface area contributed by atoms with Crippen LogP contribution >= 0.6 is 0 Å². The lowest BCUT2D eigenvalue weighted by Gasteiger charge is -2.52. The van der Waals surface area contributed by atoms with Crippen LogP contribution in [0, 0.1) is 5.92 Å². The summed E-state index contributed by atoms with van der Waals surface area (Å²) in [4.78, 5) is 23.2. The van der Waals surface area contributed by atoms with E-state index < -0.39 is 0 Å². The van der Waals surface area contributed by atoms with Gasteiger partial charge in [0, 0.05) is 31.5 Å². The van der Waals surface area contributed by atoms with Crippen LogP contribution in [0.1, 0.15) is 32.1 Å². The average molecular weight is 392 g/mol. The van der Waals surface area contributed by atoms with Crippen molar-refractivity contribution in [1.82, 2.24) is 19.9 Å². The van der Waals surface area contributed by atoms with Gasteiger partial charge in [0.2, 0.25) is 5.95 Å². The molecule has 29 heavy (non-hydrogen) atoms. The van der Waals surface area contributed by atoms with E-state index in [0.29, 0.717) is 11.9 Å². The molecule has 1 unspecified atom stereocenters. The molecule has 0 amide bonds. The van der Waals surface area contributed by atoms with E-state index in [1.807, 2.05) is 0 Å². The van der Waals surface area contributed by atoms with Crippen LogP contribution in [0.5, 0.6) is 0 Å². The Labute approximate surface area is 168 Å². The lowest BCUT2D eigenvalue weighted by Crippen LogP contribution is -2.64. The predicted octanol–water partition coefficient (Wildman–Crippen LogP) is 1.63. The summed E-state index contributed by atoms with van der Waals surface area (Å²) >= 11 is 0. The predicted molar refractivity (Wildman–Crippen MR) is 109 cm³/mol. The summed E-state index contributed by atoms with van der Waals surface area (Å²) in [6.45, 7) is 2.66. The minimum absolute atomic E-state index is 0.0895. The minimum atomic E-state index is -0.0895. The second kappa shape index (κ2) is 5.47. The van der Waals surface area contributed by atoms with E-state index in [2.05, 4.69) is 25.1 Å². The molecule has 3 N–H and O–H groups in total. The Hall–Kier alpha value is -2.68. The van der Waals surface area contributed by atoms with Crippen molar-refractivity contribution in [2.24, 2.45) is 5.92 Å². The van der Waals surface area contributed by atoms with Gasteiger partial charge < -0.3 is 25.6 Å². The molecule has 4 aliphatic heterocycles. The number of nitrogens with zero attached hydrogens (tertiary/aromatic N) is 6. The van der Waals surface area contributed by atoms with Crippen LogP contribution < -0.4 is 20.9 Å². The summed E-state index contributed by atoms with van der Waals surface area (Å²) in [5, 5.41) is 3.78. The zero-order valence-corrected chi connectivity index (χ0v) is 16.2. The van der Waals surface area contributed by atoms with Crippen molar-refractivity contribution >= 4 is 23.3 Å². The molecule has 2 bridgehead atoms. The molecule has 8 rings (SSSR count). The lowest BCUT2D eigenvalue weighted by atomic mass is 9.76. The molecule has 2 aromatic rings. The van der Waals surface area contributed by atoms with Crippen LogP contribution in [0.25, 0.3) is 11.4 Å². The third-order valence-electron chi connectivity index (χ3n) is 7.46. The van der Waals surface area contributed by atoms with Gasteiger partial charge in [0.25, 0.3) is 0 Å². The number of rotatable bonds is 2. The van der Waals surface area contributed by atoms with Crippen molar-refractivity contribution < 1.29 is 4.74 Å². The second-order valence-corrected chi connectivity index (χ2v) is 9.05. The highest BCUT2D eigenvalue weighted by Gasteiger charge is 2.55. The third kappa shape index (κ3) is 2.13. The zero-order chi connectivity index (χ0) is 19.2. The van der Waals surface area contributed by atoms with Crippen molar-refractivity contribution in [3.8, 4) is 11.4 Å². The Morgan fingerprint density at radius 3 is 2.52 bits per heavy atom. The van der Waals surface area contributed by atoms with Gasteiger partial charge in [0.15, 0.2) is 17.5 Å². The van der Waals surface area contributed by atoms with Crippen LogP contribution in [0.2, 0.25) is 0 Å². The molecule has 0 radical (unpaired) electrons. The molecule has 6 heterocycles. The summed E-state index contributed by atoms with van der Waals surface area (Å²) in [5.74, 6) is 3.75. The molecule has 2 aliphatic carbocycles. The molecule has 5 fully saturated rings. The van der Waals surface area contributed by atoms with Crippen molar-refractivity contribution in [2.75, 3.05) is 40.5 Å². The van der Waals surface area contributed by atoms with Crippen LogP contribution in [0.3, 0.4) is 0 Å². The fourth-order valence-electron chi connectivity index (χ4n) is 5.71. The van der Waals surface area contributed by atoms with Gasteiger partial charge in [-0.1, -0.05) is 0 Å². The van der Waals surface area contributed by atoms with E-state index in [4.69, 9.17) is 20.4 Å². The summed E-state index contributed by atoms with van der Waals surface area (Å²) in [6.07, 6.45) is 9.55. The van der Waals surface area contributed by atoms with Gasteiger partial charge in [-0.25, -0.2) is 19.9 Å². The quantitative estimate of drug-likeness (QED) is 0.789. The van der Waals surface area contributed by atoms with Crippen LogP contribution in [0.4, 0.5) is 23.3 Å². The van der Waals surface area contributed by atoms with Crippen molar-refractivity contribution in [3.05, 3.63) is 12.4 Å². The number of fused-ring (bicyclic) bond motifs is 5. The molecular formula is C20H24N8O. The lowest BCUT2D eigenvalue weighted by molar-refractivity contribution is -0.126. The summed E-state index contributed by atoms with van der Waals surface area (Å²) in [5.41, 5.74) is 7.46. The Morgan fingerprint density at radius 2 is 1.86 bits per heavy atom. The van der Waals surface area contributed by atoms with Gasteiger partial charge >= 0.3 is 0 Å². The van der Waals surface area contributed by atoms with Crippen LogP contribution in [0.15, 0.2) is 12.4 Å². The SMILES string of the molecule is Nc1ncc(-c2nc(N3CC4CC3C4)c3c(n2)N2CCOC4(CCC4)C2N3)cn1. The second-order valence-electron chi connectivity index (χ2n) is 9.05. The van der Waals surface area contributed by atoms with E-state index in [0.717, 1.165) is 61.3 Å². The number of hydrogen-bond acceptors (Lipinski definition) is 9. The van der Waals surface area contributed by atoms with Gasteiger partial charge in [-0.2, -0.15) is 0 Å². The molecule has 3 saturated heterocycles. The van der Waals surface area contributed by atoms with E-state index in [-0.39, 0.29) is 17.7 Å². The monoisotopic (exact) mass is 392 g/mol. The largest absolute Gasteiger partial charge is 0.369 e. The molecule has 1 atom stereocenters. The molecule has 0 aromatic carbocycles. The van der Waals surface area contributed by atoms with E-state index in [9.17, 15) is 0 Å². The highest BCUT2D eigenvalue weighted by Crippen LogP contribution is 2.53. The zero-order valence-electron chi connectivity index (χ0n) is 16.2. The number of aromatic nitrogens is 4. The summed E-state index contributed by atoms with van der Waals surface area (Å²) < 4.78 is 6.27. The number of hydrogen-bond donors (Lipinski definition) is 2. The Bertz CT molecular complexity index is 985. The maximum absolute atomic E-state index is 6.27. The van der Waals surface area contributed by atoms with Crippen molar-refractivity contribution in [2.45, 2.75) is 49.9 Å². The van der Waals surface area contributed by atoms with Gasteiger partial charge in [-0.3, -0.25) is 0 Å². The fourth-order valence-corrected chi connectivity index (χ4v) is 5.71. The van der Waals surface area contributed by atoms with E-state index >= 15 is 0 Å². The highest BCUT2D eigenvalue weighted by molar-refractivity contribution is 5.86. The first kappa shape index (κ1) is 16.2. The number of anilines is 4. The van der Waals surface area contributed by atoms with Crippen LogP contribution in [-0.2, 0) is 4.74 Å². The van der Waals surface area contributed by atoms with Crippen molar-refractivity contribution in [3.63, 3.8) is 0 Å².